The average Bonchev–Trinajstić information content (AvgIpc) is 3.24. The van der Waals surface area contributed by atoms with Gasteiger partial charge in [0.2, 0.25) is 0 Å². The number of anilines is 1. The van der Waals surface area contributed by atoms with Crippen molar-refractivity contribution in [3.8, 4) is 11.3 Å². The molecule has 0 aromatic carbocycles. The minimum absolute atomic E-state index is 0.00694. The van der Waals surface area contributed by atoms with Crippen molar-refractivity contribution >= 4 is 33.7 Å². The Morgan fingerprint density at radius 1 is 1.41 bits per heavy atom. The third-order valence-corrected chi connectivity index (χ3v) is 5.96. The molecule has 4 rings (SSSR count). The minimum Gasteiger partial charge on any atom is -0.286 e. The molecule has 0 saturated carbocycles. The van der Waals surface area contributed by atoms with Gasteiger partial charge in [-0.05, 0) is 24.3 Å². The van der Waals surface area contributed by atoms with E-state index in [1.54, 1.807) is 23.3 Å². The summed E-state index contributed by atoms with van der Waals surface area (Å²) in [5, 5.41) is 6.99. The van der Waals surface area contributed by atoms with E-state index in [0.717, 1.165) is 34.1 Å². The maximum atomic E-state index is 12.5. The van der Waals surface area contributed by atoms with Crippen molar-refractivity contribution in [2.45, 2.75) is 12.8 Å². The summed E-state index contributed by atoms with van der Waals surface area (Å²) in [6.45, 7) is 0. The molecule has 0 unspecified atom stereocenters. The van der Waals surface area contributed by atoms with Crippen molar-refractivity contribution in [1.82, 2.24) is 14.8 Å². The molecule has 0 radical (unpaired) electrons. The predicted octanol–water partition coefficient (Wildman–Crippen LogP) is 2.98. The number of thiophene rings is 1. The van der Waals surface area contributed by atoms with Crippen LogP contribution in [-0.2, 0) is 19.9 Å². The molecule has 5 nitrogen and oxygen atoms in total. The fourth-order valence-corrected chi connectivity index (χ4v) is 4.44. The molecule has 0 saturated heterocycles. The lowest BCUT2D eigenvalue weighted by atomic mass is 10.0. The number of amides is 1. The Balaban J connectivity index is 1.71. The van der Waals surface area contributed by atoms with Crippen LogP contribution in [0.15, 0.2) is 23.7 Å². The molecule has 0 bridgehead atoms. The van der Waals surface area contributed by atoms with Gasteiger partial charge in [-0.15, -0.1) is 22.7 Å². The molecule has 1 aliphatic rings. The normalized spacial score (nSPS) is 12.8. The van der Waals surface area contributed by atoms with Gasteiger partial charge in [0.25, 0.3) is 5.91 Å². The van der Waals surface area contributed by atoms with Gasteiger partial charge >= 0.3 is 0 Å². The average molecular weight is 330 g/mol. The van der Waals surface area contributed by atoms with Crippen molar-refractivity contribution in [1.29, 1.82) is 0 Å². The van der Waals surface area contributed by atoms with Crippen LogP contribution in [0.2, 0.25) is 0 Å². The van der Waals surface area contributed by atoms with Crippen LogP contribution in [0.4, 0.5) is 5.13 Å². The Morgan fingerprint density at radius 2 is 2.27 bits per heavy atom. The molecule has 0 atom stereocenters. The quantitative estimate of drug-likeness (QED) is 0.726. The summed E-state index contributed by atoms with van der Waals surface area (Å²) in [5.41, 5.74) is 3.31. The second-order valence-electron chi connectivity index (χ2n) is 5.24. The topological polar surface area (TPSA) is 51.0 Å². The third kappa shape index (κ3) is 2.00. The number of hydrogen-bond acceptors (Lipinski definition) is 5. The van der Waals surface area contributed by atoms with Gasteiger partial charge in [0.1, 0.15) is 0 Å². The Labute approximate surface area is 135 Å². The highest BCUT2D eigenvalue weighted by atomic mass is 32.1. The van der Waals surface area contributed by atoms with E-state index in [1.807, 2.05) is 35.4 Å². The fraction of sp³-hybridized carbons (Fsp3) is 0.267. The number of aromatic nitrogens is 3. The molecule has 22 heavy (non-hydrogen) atoms. The Morgan fingerprint density at radius 3 is 3.05 bits per heavy atom. The summed E-state index contributed by atoms with van der Waals surface area (Å²) < 4.78 is 1.91. The molecular formula is C15H14N4OS2. The standard InChI is InChI=1S/C15H14N4OS2/c1-18(14(20)12-4-3-7-21-12)15-17-13-9-8-16-19(2)10(9)5-6-11(13)22-15/h3-4,7-8H,5-6H2,1-2H3. The molecule has 3 aromatic rings. The molecule has 1 aliphatic carbocycles. The molecule has 1 amide bonds. The van der Waals surface area contributed by atoms with Crippen LogP contribution in [0.1, 0.15) is 20.2 Å². The zero-order valence-corrected chi connectivity index (χ0v) is 13.9. The van der Waals surface area contributed by atoms with E-state index in [0.29, 0.717) is 0 Å². The molecule has 0 spiro atoms. The van der Waals surface area contributed by atoms with Crippen LogP contribution in [0.5, 0.6) is 0 Å². The highest BCUT2D eigenvalue weighted by molar-refractivity contribution is 7.16. The molecule has 112 valence electrons. The first-order valence-electron chi connectivity index (χ1n) is 6.97. The zero-order chi connectivity index (χ0) is 15.3. The first-order valence-corrected chi connectivity index (χ1v) is 8.67. The Bertz CT molecular complexity index is 847. The van der Waals surface area contributed by atoms with Crippen LogP contribution >= 0.6 is 22.7 Å². The van der Waals surface area contributed by atoms with Crippen molar-refractivity contribution in [3.63, 3.8) is 0 Å². The van der Waals surface area contributed by atoms with Gasteiger partial charge in [-0.1, -0.05) is 6.07 Å². The summed E-state index contributed by atoms with van der Waals surface area (Å²) in [6.07, 6.45) is 3.81. The number of hydrogen-bond donors (Lipinski definition) is 0. The largest absolute Gasteiger partial charge is 0.286 e. The maximum Gasteiger partial charge on any atom is 0.269 e. The maximum absolute atomic E-state index is 12.5. The fourth-order valence-electron chi connectivity index (χ4n) is 2.70. The smallest absolute Gasteiger partial charge is 0.269 e. The van der Waals surface area contributed by atoms with E-state index in [9.17, 15) is 4.79 Å². The molecule has 0 aliphatic heterocycles. The SMILES string of the molecule is CN(C(=O)c1cccs1)c1nc2c(s1)CCc1c-2cnn1C. The molecular weight excluding hydrogens is 316 g/mol. The number of rotatable bonds is 2. The van der Waals surface area contributed by atoms with Gasteiger partial charge in [-0.3, -0.25) is 14.4 Å². The number of fused-ring (bicyclic) bond motifs is 3. The van der Waals surface area contributed by atoms with Gasteiger partial charge in [-0.25, -0.2) is 4.98 Å². The number of nitrogens with zero attached hydrogens (tertiary/aromatic N) is 4. The van der Waals surface area contributed by atoms with Crippen LogP contribution in [0.3, 0.4) is 0 Å². The summed E-state index contributed by atoms with van der Waals surface area (Å²) >= 11 is 3.06. The van der Waals surface area contributed by atoms with E-state index in [2.05, 4.69) is 5.10 Å². The second kappa shape index (κ2) is 5.03. The van der Waals surface area contributed by atoms with Crippen molar-refractivity contribution in [2.75, 3.05) is 11.9 Å². The highest BCUT2D eigenvalue weighted by Crippen LogP contribution is 2.39. The lowest BCUT2D eigenvalue weighted by Crippen LogP contribution is -2.25. The van der Waals surface area contributed by atoms with Crippen molar-refractivity contribution in [2.24, 2.45) is 7.05 Å². The predicted molar refractivity (Wildman–Crippen MR) is 88.8 cm³/mol. The first kappa shape index (κ1) is 13.7. The number of carbonyl (C=O) groups excluding carboxylic acids is 1. The van der Waals surface area contributed by atoms with Crippen LogP contribution in [-0.4, -0.2) is 27.7 Å². The molecule has 0 N–H and O–H groups in total. The lowest BCUT2D eigenvalue weighted by Gasteiger charge is -2.12. The summed E-state index contributed by atoms with van der Waals surface area (Å²) in [7, 11) is 3.75. The number of thiazole rings is 1. The van der Waals surface area contributed by atoms with E-state index in [1.165, 1.54) is 21.9 Å². The van der Waals surface area contributed by atoms with E-state index in [4.69, 9.17) is 4.98 Å². The molecule has 7 heteroatoms. The van der Waals surface area contributed by atoms with Crippen LogP contribution < -0.4 is 4.90 Å². The molecule has 0 fully saturated rings. The van der Waals surface area contributed by atoms with Crippen LogP contribution in [0.25, 0.3) is 11.3 Å². The van der Waals surface area contributed by atoms with Gasteiger partial charge in [0, 0.05) is 30.2 Å². The summed E-state index contributed by atoms with van der Waals surface area (Å²) in [5.74, 6) is -0.00694. The number of aryl methyl sites for hydroxylation is 2. The van der Waals surface area contributed by atoms with Gasteiger partial charge in [0.15, 0.2) is 5.13 Å². The first-order chi connectivity index (χ1) is 10.6. The third-order valence-electron chi connectivity index (χ3n) is 3.92. The molecule has 3 heterocycles. The zero-order valence-electron chi connectivity index (χ0n) is 12.2. The highest BCUT2D eigenvalue weighted by Gasteiger charge is 2.26. The van der Waals surface area contributed by atoms with E-state index < -0.39 is 0 Å². The monoisotopic (exact) mass is 330 g/mol. The lowest BCUT2D eigenvalue weighted by molar-refractivity contribution is 0.0997. The van der Waals surface area contributed by atoms with E-state index in [-0.39, 0.29) is 5.91 Å². The van der Waals surface area contributed by atoms with Crippen molar-refractivity contribution in [3.05, 3.63) is 39.2 Å². The van der Waals surface area contributed by atoms with Gasteiger partial charge < -0.3 is 0 Å². The molecule has 3 aromatic heterocycles. The Kier molecular flexibility index (Phi) is 3.12. The van der Waals surface area contributed by atoms with Gasteiger partial charge in [-0.2, -0.15) is 5.10 Å². The number of carbonyl (C=O) groups is 1. The van der Waals surface area contributed by atoms with E-state index >= 15 is 0 Å². The summed E-state index contributed by atoms with van der Waals surface area (Å²) in [6, 6.07) is 3.73. The summed E-state index contributed by atoms with van der Waals surface area (Å²) in [4.78, 5) is 20.8. The van der Waals surface area contributed by atoms with Gasteiger partial charge in [0.05, 0.1) is 16.8 Å². The van der Waals surface area contributed by atoms with Crippen molar-refractivity contribution < 1.29 is 4.79 Å². The second-order valence-corrected chi connectivity index (χ2v) is 7.25. The van der Waals surface area contributed by atoms with Crippen LogP contribution in [0, 0.1) is 0 Å². The Hall–Kier alpha value is -1.99. The minimum atomic E-state index is -0.00694.